The van der Waals surface area contributed by atoms with Crippen molar-refractivity contribution in [3.8, 4) is 0 Å². The van der Waals surface area contributed by atoms with E-state index in [9.17, 15) is 13.2 Å². The second-order valence-corrected chi connectivity index (χ2v) is 7.72. The Labute approximate surface area is 130 Å². The predicted octanol–water partition coefficient (Wildman–Crippen LogP) is 2.63. The monoisotopic (exact) mass is 381 g/mol. The molecular formula is C12H13BrClNO4S. The molecule has 0 radical (unpaired) electrons. The quantitative estimate of drug-likeness (QED) is 0.838. The fraction of sp³-hybridized carbons (Fsp3) is 0.417. The summed E-state index contributed by atoms with van der Waals surface area (Å²) in [5.74, 6) is -1.35. The number of sulfonamides is 1. The molecule has 1 aromatic rings. The molecule has 0 amide bonds. The van der Waals surface area contributed by atoms with Gasteiger partial charge in [-0.1, -0.05) is 11.6 Å². The van der Waals surface area contributed by atoms with Crippen LogP contribution in [-0.2, 0) is 14.8 Å². The maximum atomic E-state index is 12.2. The molecule has 20 heavy (non-hydrogen) atoms. The molecule has 0 bridgehead atoms. The van der Waals surface area contributed by atoms with Gasteiger partial charge in [-0.3, -0.25) is 4.79 Å². The van der Waals surface area contributed by atoms with Gasteiger partial charge < -0.3 is 5.11 Å². The van der Waals surface area contributed by atoms with E-state index >= 15 is 0 Å². The summed E-state index contributed by atoms with van der Waals surface area (Å²) >= 11 is 9.01. The van der Waals surface area contributed by atoms with Gasteiger partial charge in [0.25, 0.3) is 0 Å². The molecule has 2 atom stereocenters. The first kappa shape index (κ1) is 15.8. The molecule has 2 N–H and O–H groups in total. The molecule has 1 fully saturated rings. The highest BCUT2D eigenvalue weighted by Crippen LogP contribution is 2.29. The number of carboxylic acids is 1. The second kappa shape index (κ2) is 6.01. The SMILES string of the molecule is O=C(O)[C@@H]1CC[C@H](NS(=O)(=O)c2ccc(Cl)c(Br)c2)C1. The van der Waals surface area contributed by atoms with Crippen molar-refractivity contribution in [3.63, 3.8) is 0 Å². The lowest BCUT2D eigenvalue weighted by molar-refractivity contribution is -0.141. The third-order valence-corrected chi connectivity index (χ3v) is 6.04. The van der Waals surface area contributed by atoms with Gasteiger partial charge in [0, 0.05) is 10.5 Å². The van der Waals surface area contributed by atoms with Gasteiger partial charge >= 0.3 is 5.97 Å². The zero-order chi connectivity index (χ0) is 14.9. The van der Waals surface area contributed by atoms with Crippen LogP contribution in [0.15, 0.2) is 27.6 Å². The highest BCUT2D eigenvalue weighted by atomic mass is 79.9. The van der Waals surface area contributed by atoms with Gasteiger partial charge in [0.1, 0.15) is 0 Å². The predicted molar refractivity (Wildman–Crippen MR) is 78.2 cm³/mol. The largest absolute Gasteiger partial charge is 0.481 e. The number of carbonyl (C=O) groups is 1. The van der Waals surface area contributed by atoms with E-state index in [1.165, 1.54) is 18.2 Å². The number of rotatable bonds is 4. The molecule has 1 aliphatic rings. The Balaban J connectivity index is 2.12. The molecule has 5 nitrogen and oxygen atoms in total. The zero-order valence-electron chi connectivity index (χ0n) is 10.3. The molecule has 2 rings (SSSR count). The van der Waals surface area contributed by atoms with E-state index in [1.54, 1.807) is 0 Å². The van der Waals surface area contributed by atoms with Gasteiger partial charge in [-0.25, -0.2) is 13.1 Å². The Morgan fingerprint density at radius 3 is 2.65 bits per heavy atom. The van der Waals surface area contributed by atoms with Crippen molar-refractivity contribution in [1.29, 1.82) is 0 Å². The second-order valence-electron chi connectivity index (χ2n) is 4.74. The molecule has 1 aliphatic carbocycles. The first-order valence-corrected chi connectivity index (χ1v) is 8.65. The van der Waals surface area contributed by atoms with Crippen molar-refractivity contribution in [2.75, 3.05) is 0 Å². The Hall–Kier alpha value is -0.630. The van der Waals surface area contributed by atoms with Crippen LogP contribution in [-0.4, -0.2) is 25.5 Å². The summed E-state index contributed by atoms with van der Waals surface area (Å²) in [7, 11) is -3.66. The van der Waals surface area contributed by atoms with E-state index in [4.69, 9.17) is 16.7 Å². The maximum absolute atomic E-state index is 12.2. The molecule has 0 heterocycles. The third-order valence-electron chi connectivity index (χ3n) is 3.31. The Morgan fingerprint density at radius 2 is 2.10 bits per heavy atom. The number of halogens is 2. The van der Waals surface area contributed by atoms with Crippen LogP contribution < -0.4 is 4.72 Å². The minimum absolute atomic E-state index is 0.104. The number of carboxylic acid groups (broad SMARTS) is 1. The highest BCUT2D eigenvalue weighted by Gasteiger charge is 2.32. The van der Waals surface area contributed by atoms with Crippen LogP contribution in [0.1, 0.15) is 19.3 Å². The molecule has 110 valence electrons. The van der Waals surface area contributed by atoms with Gasteiger partial charge in [0.2, 0.25) is 10.0 Å². The number of nitrogens with one attached hydrogen (secondary N) is 1. The van der Waals surface area contributed by atoms with E-state index in [0.29, 0.717) is 28.8 Å². The summed E-state index contributed by atoms with van der Waals surface area (Å²) in [5, 5.41) is 9.34. The average molecular weight is 383 g/mol. The van der Waals surface area contributed by atoms with Crippen LogP contribution in [0, 0.1) is 5.92 Å². The number of hydrogen-bond acceptors (Lipinski definition) is 3. The summed E-state index contributed by atoms with van der Waals surface area (Å²) in [6.45, 7) is 0. The Kier molecular flexibility index (Phi) is 4.73. The van der Waals surface area contributed by atoms with Gasteiger partial charge in [0.05, 0.1) is 15.8 Å². The third kappa shape index (κ3) is 3.52. The summed E-state index contributed by atoms with van der Waals surface area (Å²) in [4.78, 5) is 11.0. The zero-order valence-corrected chi connectivity index (χ0v) is 13.5. The van der Waals surface area contributed by atoms with Crippen LogP contribution in [0.4, 0.5) is 0 Å². The molecule has 0 saturated heterocycles. The Bertz CT molecular complexity index is 634. The van der Waals surface area contributed by atoms with Gasteiger partial charge in [0.15, 0.2) is 0 Å². The van der Waals surface area contributed by atoms with E-state index in [2.05, 4.69) is 20.7 Å². The van der Waals surface area contributed by atoms with Gasteiger partial charge in [-0.2, -0.15) is 0 Å². The van der Waals surface area contributed by atoms with Crippen LogP contribution in [0.25, 0.3) is 0 Å². The summed E-state index contributed by atoms with van der Waals surface area (Å²) in [6.07, 6.45) is 1.35. The molecule has 0 spiro atoms. The molecule has 1 aromatic carbocycles. The molecule has 0 unspecified atom stereocenters. The lowest BCUT2D eigenvalue weighted by Gasteiger charge is -2.13. The highest BCUT2D eigenvalue weighted by molar-refractivity contribution is 9.10. The van der Waals surface area contributed by atoms with Crippen LogP contribution in [0.3, 0.4) is 0 Å². The minimum atomic E-state index is -3.66. The van der Waals surface area contributed by atoms with E-state index < -0.39 is 21.9 Å². The van der Waals surface area contributed by atoms with Crippen LogP contribution in [0.2, 0.25) is 5.02 Å². The number of benzene rings is 1. The van der Waals surface area contributed by atoms with E-state index in [1.807, 2.05) is 0 Å². The van der Waals surface area contributed by atoms with Crippen molar-refractivity contribution < 1.29 is 18.3 Å². The topological polar surface area (TPSA) is 83.5 Å². The minimum Gasteiger partial charge on any atom is -0.481 e. The number of aliphatic carboxylic acids is 1. The average Bonchev–Trinajstić information content (AvgIpc) is 2.80. The molecule has 1 saturated carbocycles. The maximum Gasteiger partial charge on any atom is 0.306 e. The van der Waals surface area contributed by atoms with Gasteiger partial charge in [-0.15, -0.1) is 0 Å². The first-order chi connectivity index (χ1) is 9.29. The summed E-state index contributed by atoms with van der Waals surface area (Å²) in [6, 6.07) is 4.00. The summed E-state index contributed by atoms with van der Waals surface area (Å²) in [5.41, 5.74) is 0. The van der Waals surface area contributed by atoms with Crippen molar-refractivity contribution in [2.24, 2.45) is 5.92 Å². The molecule has 0 aromatic heterocycles. The first-order valence-electron chi connectivity index (χ1n) is 6.00. The van der Waals surface area contributed by atoms with E-state index in [-0.39, 0.29) is 10.9 Å². The molecule has 8 heteroatoms. The summed E-state index contributed by atoms with van der Waals surface area (Å²) < 4.78 is 27.5. The van der Waals surface area contributed by atoms with Crippen molar-refractivity contribution in [1.82, 2.24) is 4.72 Å². The Morgan fingerprint density at radius 1 is 1.40 bits per heavy atom. The van der Waals surface area contributed by atoms with Gasteiger partial charge in [-0.05, 0) is 53.4 Å². The van der Waals surface area contributed by atoms with Crippen LogP contribution in [0.5, 0.6) is 0 Å². The fourth-order valence-corrected chi connectivity index (χ4v) is 4.20. The standard InChI is InChI=1S/C12H13BrClNO4S/c13-10-6-9(3-4-11(10)14)20(18,19)15-8-2-1-7(5-8)12(16)17/h3-4,6-8,15H,1-2,5H2,(H,16,17)/t7-,8+/m1/s1. The lowest BCUT2D eigenvalue weighted by atomic mass is 10.1. The molecular weight excluding hydrogens is 370 g/mol. The normalized spacial score (nSPS) is 22.9. The smallest absolute Gasteiger partial charge is 0.306 e. The van der Waals surface area contributed by atoms with E-state index in [0.717, 1.165) is 0 Å². The van der Waals surface area contributed by atoms with Crippen molar-refractivity contribution in [2.45, 2.75) is 30.2 Å². The molecule has 0 aliphatic heterocycles. The van der Waals surface area contributed by atoms with Crippen LogP contribution >= 0.6 is 27.5 Å². The lowest BCUT2D eigenvalue weighted by Crippen LogP contribution is -2.33. The fourth-order valence-electron chi connectivity index (χ4n) is 2.24. The van der Waals surface area contributed by atoms with Crippen molar-refractivity contribution in [3.05, 3.63) is 27.7 Å². The number of hydrogen-bond donors (Lipinski definition) is 2. The van der Waals surface area contributed by atoms with Crippen molar-refractivity contribution >= 4 is 43.5 Å².